The van der Waals surface area contributed by atoms with E-state index in [2.05, 4.69) is 15.6 Å². The molecule has 0 fully saturated rings. The van der Waals surface area contributed by atoms with Crippen molar-refractivity contribution in [3.63, 3.8) is 0 Å². The van der Waals surface area contributed by atoms with Gasteiger partial charge in [0.15, 0.2) is 0 Å². The minimum Gasteiger partial charge on any atom is -0.481 e. The van der Waals surface area contributed by atoms with E-state index in [0.717, 1.165) is 20.8 Å². The highest BCUT2D eigenvalue weighted by Gasteiger charge is 2.35. The van der Waals surface area contributed by atoms with Crippen molar-refractivity contribution in [2.24, 2.45) is 5.41 Å². The number of hydrogen-bond acceptors (Lipinski definition) is 4. The van der Waals surface area contributed by atoms with Crippen molar-refractivity contribution < 1.29 is 14.7 Å². The number of urea groups is 1. The van der Waals surface area contributed by atoms with Gasteiger partial charge in [0.25, 0.3) is 0 Å². The van der Waals surface area contributed by atoms with Crippen molar-refractivity contribution in [3.8, 4) is 0 Å². The highest BCUT2D eigenvalue weighted by Crippen LogP contribution is 2.26. The summed E-state index contributed by atoms with van der Waals surface area (Å²) in [4.78, 5) is 28.4. The fourth-order valence-electron chi connectivity index (χ4n) is 3.15. The number of aromatic nitrogens is 1. The fraction of sp³-hybridized carbons (Fsp3) is 0.261. The van der Waals surface area contributed by atoms with Crippen LogP contribution < -0.4 is 10.6 Å². The van der Waals surface area contributed by atoms with Crippen LogP contribution in [0.1, 0.15) is 37.3 Å². The summed E-state index contributed by atoms with van der Waals surface area (Å²) in [6, 6.07) is 15.0. The van der Waals surface area contributed by atoms with Gasteiger partial charge < -0.3 is 15.7 Å². The summed E-state index contributed by atoms with van der Waals surface area (Å²) in [6.07, 6.45) is 4.80. The van der Waals surface area contributed by atoms with Gasteiger partial charge in [0, 0.05) is 12.2 Å². The van der Waals surface area contributed by atoms with Crippen LogP contribution in [-0.2, 0) is 4.79 Å². The van der Waals surface area contributed by atoms with Crippen LogP contribution in [0.5, 0.6) is 0 Å². The quantitative estimate of drug-likeness (QED) is 0.447. The number of carboxylic acid groups (broad SMARTS) is 1. The summed E-state index contributed by atoms with van der Waals surface area (Å²) in [5, 5.41) is 15.9. The number of carboxylic acids is 1. The molecule has 0 unspecified atom stereocenters. The summed E-state index contributed by atoms with van der Waals surface area (Å²) >= 11 is 1.62. The second-order valence-corrected chi connectivity index (χ2v) is 8.14. The lowest BCUT2D eigenvalue weighted by Gasteiger charge is -2.26. The van der Waals surface area contributed by atoms with Crippen LogP contribution in [0.25, 0.3) is 22.4 Å². The van der Waals surface area contributed by atoms with Crippen molar-refractivity contribution in [3.05, 3.63) is 59.1 Å². The number of fused-ring (bicyclic) bond motifs is 1. The van der Waals surface area contributed by atoms with E-state index < -0.39 is 17.4 Å². The van der Waals surface area contributed by atoms with Crippen LogP contribution in [0.3, 0.4) is 0 Å². The third-order valence-corrected chi connectivity index (χ3v) is 6.27. The lowest BCUT2D eigenvalue weighted by Crippen LogP contribution is -2.43. The van der Waals surface area contributed by atoms with E-state index in [1.165, 1.54) is 0 Å². The Morgan fingerprint density at radius 1 is 1.10 bits per heavy atom. The van der Waals surface area contributed by atoms with Gasteiger partial charge >= 0.3 is 12.0 Å². The molecule has 0 spiro atoms. The maximum atomic E-state index is 12.3. The zero-order valence-corrected chi connectivity index (χ0v) is 17.8. The molecule has 1 heterocycles. The first-order valence-electron chi connectivity index (χ1n) is 9.88. The highest BCUT2D eigenvalue weighted by molar-refractivity contribution is 7.19. The summed E-state index contributed by atoms with van der Waals surface area (Å²) in [5.41, 5.74) is 1.59. The van der Waals surface area contributed by atoms with Gasteiger partial charge in [-0.2, -0.15) is 0 Å². The minimum atomic E-state index is -0.945. The summed E-state index contributed by atoms with van der Waals surface area (Å²) in [5.74, 6) is -0.894. The molecule has 156 valence electrons. The lowest BCUT2D eigenvalue weighted by atomic mass is 9.82. The van der Waals surface area contributed by atoms with Gasteiger partial charge in [0.05, 0.1) is 15.6 Å². The first-order valence-corrected chi connectivity index (χ1v) is 10.7. The molecule has 30 heavy (non-hydrogen) atoms. The molecule has 1 aromatic heterocycles. The van der Waals surface area contributed by atoms with Crippen LogP contribution >= 0.6 is 11.3 Å². The molecular weight excluding hydrogens is 398 g/mol. The van der Waals surface area contributed by atoms with Gasteiger partial charge in [-0.1, -0.05) is 44.2 Å². The summed E-state index contributed by atoms with van der Waals surface area (Å²) in [6.45, 7) is 3.72. The second kappa shape index (κ2) is 9.54. The van der Waals surface area contributed by atoms with Gasteiger partial charge in [0.2, 0.25) is 0 Å². The van der Waals surface area contributed by atoms with E-state index in [0.29, 0.717) is 18.5 Å². The first kappa shape index (κ1) is 21.5. The van der Waals surface area contributed by atoms with Gasteiger partial charge in [-0.3, -0.25) is 4.79 Å². The molecule has 0 saturated heterocycles. The number of carbonyl (C=O) groups excluding carboxylic acids is 1. The molecule has 0 atom stereocenters. The van der Waals surface area contributed by atoms with Crippen LogP contribution in [0.2, 0.25) is 0 Å². The molecule has 2 aromatic carbocycles. The number of nitrogens with zero attached hydrogens (tertiary/aromatic N) is 1. The topological polar surface area (TPSA) is 91.3 Å². The van der Waals surface area contributed by atoms with Crippen LogP contribution in [-0.4, -0.2) is 28.6 Å². The molecular formula is C23H25N3O3S. The standard InChI is InChI=1S/C23H25N3O3S/c1-3-23(4-2,21(27)28)15-24-22(29)25-17-9-7-8-16(14-17)12-13-20-26-18-10-5-6-11-19(18)30-20/h5-14H,3-4,15H2,1-2H3,(H,27,28)(H2,24,25,29)/b13-12+. The monoisotopic (exact) mass is 423 g/mol. The number of para-hydroxylation sites is 1. The molecule has 3 N–H and O–H groups in total. The molecule has 7 heteroatoms. The van der Waals surface area contributed by atoms with Gasteiger partial charge in [-0.25, -0.2) is 9.78 Å². The largest absolute Gasteiger partial charge is 0.481 e. The number of hydrogen-bond donors (Lipinski definition) is 3. The van der Waals surface area contributed by atoms with E-state index in [4.69, 9.17) is 0 Å². The van der Waals surface area contributed by atoms with Crippen LogP contribution in [0.15, 0.2) is 48.5 Å². The molecule has 0 aliphatic carbocycles. The lowest BCUT2D eigenvalue weighted by molar-refractivity contribution is -0.149. The average molecular weight is 424 g/mol. The number of anilines is 1. The van der Waals surface area contributed by atoms with Crippen molar-refractivity contribution in [2.75, 3.05) is 11.9 Å². The predicted octanol–water partition coefficient (Wildman–Crippen LogP) is 5.48. The molecule has 3 aromatic rings. The molecule has 6 nitrogen and oxygen atoms in total. The van der Waals surface area contributed by atoms with Gasteiger partial charge in [-0.15, -0.1) is 11.3 Å². The smallest absolute Gasteiger partial charge is 0.319 e. The normalized spacial score (nSPS) is 11.7. The van der Waals surface area contributed by atoms with E-state index in [1.54, 1.807) is 17.4 Å². The van der Waals surface area contributed by atoms with E-state index in [9.17, 15) is 14.7 Å². The van der Waals surface area contributed by atoms with Crippen molar-refractivity contribution in [2.45, 2.75) is 26.7 Å². The summed E-state index contributed by atoms with van der Waals surface area (Å²) < 4.78 is 1.14. The number of benzene rings is 2. The number of carbonyl (C=O) groups is 2. The molecule has 0 radical (unpaired) electrons. The Bertz CT molecular complexity index is 1040. The molecule has 3 rings (SSSR count). The molecule has 2 amide bonds. The molecule has 0 saturated carbocycles. The maximum Gasteiger partial charge on any atom is 0.319 e. The van der Waals surface area contributed by atoms with Gasteiger partial charge in [0.1, 0.15) is 5.01 Å². The zero-order valence-electron chi connectivity index (χ0n) is 17.0. The molecule has 0 bridgehead atoms. The Morgan fingerprint density at radius 2 is 1.87 bits per heavy atom. The number of aliphatic carboxylic acids is 1. The third kappa shape index (κ3) is 5.04. The van der Waals surface area contributed by atoms with Crippen LogP contribution in [0.4, 0.5) is 10.5 Å². The van der Waals surface area contributed by atoms with Crippen molar-refractivity contribution >= 4 is 51.4 Å². The van der Waals surface area contributed by atoms with Crippen LogP contribution in [0, 0.1) is 5.41 Å². The zero-order chi connectivity index (χ0) is 21.6. The van der Waals surface area contributed by atoms with E-state index >= 15 is 0 Å². The number of amides is 2. The number of rotatable bonds is 8. The first-order chi connectivity index (χ1) is 14.5. The Kier molecular flexibility index (Phi) is 6.84. The Balaban J connectivity index is 1.63. The fourth-order valence-corrected chi connectivity index (χ4v) is 4.02. The van der Waals surface area contributed by atoms with Crippen molar-refractivity contribution in [1.82, 2.24) is 10.3 Å². The van der Waals surface area contributed by atoms with Crippen molar-refractivity contribution in [1.29, 1.82) is 0 Å². The highest BCUT2D eigenvalue weighted by atomic mass is 32.1. The second-order valence-electron chi connectivity index (χ2n) is 7.08. The minimum absolute atomic E-state index is 0.0817. The molecule has 0 aliphatic heterocycles. The Hall–Kier alpha value is -3.19. The van der Waals surface area contributed by atoms with E-state index in [1.807, 2.05) is 68.5 Å². The third-order valence-electron chi connectivity index (χ3n) is 5.27. The average Bonchev–Trinajstić information content (AvgIpc) is 3.16. The Morgan fingerprint density at radius 3 is 2.57 bits per heavy atom. The van der Waals surface area contributed by atoms with Gasteiger partial charge in [-0.05, 0) is 48.7 Å². The predicted molar refractivity (Wildman–Crippen MR) is 123 cm³/mol. The Labute approximate surface area is 179 Å². The SMILES string of the molecule is CCC(CC)(CNC(=O)Nc1cccc(/C=C/c2nc3ccccc3s2)c1)C(=O)O. The maximum absolute atomic E-state index is 12.3. The summed E-state index contributed by atoms with van der Waals surface area (Å²) in [7, 11) is 0. The molecule has 0 aliphatic rings. The number of thiazole rings is 1. The van der Waals surface area contributed by atoms with E-state index in [-0.39, 0.29) is 6.54 Å². The number of nitrogens with one attached hydrogen (secondary N) is 2.